The van der Waals surface area contributed by atoms with Crippen LogP contribution in [0.3, 0.4) is 0 Å². The van der Waals surface area contributed by atoms with E-state index in [-0.39, 0.29) is 5.91 Å². The smallest absolute Gasteiger partial charge is 0.236 e. The zero-order chi connectivity index (χ0) is 17.6. The third-order valence-corrected chi connectivity index (χ3v) is 5.43. The Morgan fingerprint density at radius 3 is 2.48 bits per heavy atom. The van der Waals surface area contributed by atoms with Crippen molar-refractivity contribution < 1.29 is 14.3 Å². The molecular weight excluding hydrogens is 386 g/mol. The number of hydrogen-bond acceptors (Lipinski definition) is 5. The maximum absolute atomic E-state index is 12.5. The average molecular weight is 412 g/mol. The summed E-state index contributed by atoms with van der Waals surface area (Å²) >= 11 is 3.54. The molecule has 25 heavy (non-hydrogen) atoms. The van der Waals surface area contributed by atoms with Gasteiger partial charge in [-0.05, 0) is 33.6 Å². The Labute approximate surface area is 157 Å². The highest BCUT2D eigenvalue weighted by Gasteiger charge is 2.23. The third-order valence-electron chi connectivity index (χ3n) is 4.81. The SMILES string of the molecule is COc1ccc(CN2CCN(C(=O)CN3CCOCC3)CC2)cc1Br. The molecular formula is C18H26BrN3O3. The highest BCUT2D eigenvalue weighted by Crippen LogP contribution is 2.26. The van der Waals surface area contributed by atoms with Gasteiger partial charge in [-0.25, -0.2) is 0 Å². The lowest BCUT2D eigenvalue weighted by atomic mass is 10.2. The van der Waals surface area contributed by atoms with Crippen molar-refractivity contribution in [2.75, 3.05) is 66.1 Å². The first-order valence-electron chi connectivity index (χ1n) is 8.78. The first-order valence-corrected chi connectivity index (χ1v) is 9.57. The van der Waals surface area contributed by atoms with Crippen molar-refractivity contribution in [1.29, 1.82) is 0 Å². The highest BCUT2D eigenvalue weighted by molar-refractivity contribution is 9.10. The Hall–Kier alpha value is -1.15. The second-order valence-electron chi connectivity index (χ2n) is 6.51. The summed E-state index contributed by atoms with van der Waals surface area (Å²) in [6, 6.07) is 6.19. The molecule has 138 valence electrons. The van der Waals surface area contributed by atoms with Crippen molar-refractivity contribution in [2.24, 2.45) is 0 Å². The fourth-order valence-electron chi connectivity index (χ4n) is 3.27. The van der Waals surface area contributed by atoms with Crippen LogP contribution in [-0.2, 0) is 16.1 Å². The van der Waals surface area contributed by atoms with Gasteiger partial charge in [-0.2, -0.15) is 0 Å². The molecule has 6 nitrogen and oxygen atoms in total. The molecule has 0 unspecified atom stereocenters. The Kier molecular flexibility index (Phi) is 6.70. The number of morpholine rings is 1. The fraction of sp³-hybridized carbons (Fsp3) is 0.611. The minimum Gasteiger partial charge on any atom is -0.496 e. The lowest BCUT2D eigenvalue weighted by Crippen LogP contribution is -2.51. The molecule has 1 aromatic rings. The summed E-state index contributed by atoms with van der Waals surface area (Å²) in [7, 11) is 1.67. The van der Waals surface area contributed by atoms with Crippen LogP contribution in [0.2, 0.25) is 0 Å². The molecule has 2 heterocycles. The molecule has 0 radical (unpaired) electrons. The molecule has 2 saturated heterocycles. The van der Waals surface area contributed by atoms with Crippen LogP contribution in [0.15, 0.2) is 22.7 Å². The normalized spacial score (nSPS) is 19.8. The summed E-state index contributed by atoms with van der Waals surface area (Å²) in [6.07, 6.45) is 0. The van der Waals surface area contributed by atoms with Crippen molar-refractivity contribution in [1.82, 2.24) is 14.7 Å². The Bertz CT molecular complexity index is 585. The molecule has 3 rings (SSSR count). The first kappa shape index (κ1) is 18.6. The summed E-state index contributed by atoms with van der Waals surface area (Å²) in [6.45, 7) is 8.05. The Morgan fingerprint density at radius 2 is 1.84 bits per heavy atom. The molecule has 2 fully saturated rings. The molecule has 0 saturated carbocycles. The molecule has 0 aromatic heterocycles. The van der Waals surface area contributed by atoms with E-state index in [2.05, 4.69) is 37.9 Å². The number of methoxy groups -OCH3 is 1. The van der Waals surface area contributed by atoms with E-state index in [1.54, 1.807) is 7.11 Å². The van der Waals surface area contributed by atoms with E-state index in [9.17, 15) is 4.79 Å². The predicted molar refractivity (Wildman–Crippen MR) is 99.8 cm³/mol. The second kappa shape index (κ2) is 8.98. The van der Waals surface area contributed by atoms with Crippen LogP contribution in [0, 0.1) is 0 Å². The number of benzene rings is 1. The van der Waals surface area contributed by atoms with E-state index in [0.717, 1.165) is 69.2 Å². The summed E-state index contributed by atoms with van der Waals surface area (Å²) in [5, 5.41) is 0. The maximum Gasteiger partial charge on any atom is 0.236 e. The molecule has 1 aromatic carbocycles. The zero-order valence-corrected chi connectivity index (χ0v) is 16.3. The minimum absolute atomic E-state index is 0.244. The van der Waals surface area contributed by atoms with Crippen LogP contribution < -0.4 is 4.74 Å². The third kappa shape index (κ3) is 5.17. The number of carbonyl (C=O) groups is 1. The summed E-state index contributed by atoms with van der Waals surface area (Å²) in [4.78, 5) is 19.0. The van der Waals surface area contributed by atoms with Crippen LogP contribution in [-0.4, -0.2) is 86.7 Å². The van der Waals surface area contributed by atoms with Crippen LogP contribution in [0.1, 0.15) is 5.56 Å². The second-order valence-corrected chi connectivity index (χ2v) is 7.37. The van der Waals surface area contributed by atoms with Gasteiger partial charge in [0.2, 0.25) is 5.91 Å². The van der Waals surface area contributed by atoms with Gasteiger partial charge in [0.05, 0.1) is 31.3 Å². The van der Waals surface area contributed by atoms with Crippen molar-refractivity contribution in [2.45, 2.75) is 6.54 Å². The van der Waals surface area contributed by atoms with Gasteiger partial charge in [0.15, 0.2) is 0 Å². The van der Waals surface area contributed by atoms with Gasteiger partial charge in [0.1, 0.15) is 5.75 Å². The van der Waals surface area contributed by atoms with Crippen LogP contribution in [0.25, 0.3) is 0 Å². The average Bonchev–Trinajstić information content (AvgIpc) is 2.63. The minimum atomic E-state index is 0.244. The maximum atomic E-state index is 12.5. The number of amides is 1. The number of rotatable bonds is 5. The van der Waals surface area contributed by atoms with Gasteiger partial charge in [0, 0.05) is 45.8 Å². The summed E-state index contributed by atoms with van der Waals surface area (Å²) in [5.41, 5.74) is 1.25. The number of hydrogen-bond donors (Lipinski definition) is 0. The molecule has 0 N–H and O–H groups in total. The van der Waals surface area contributed by atoms with Gasteiger partial charge >= 0.3 is 0 Å². The van der Waals surface area contributed by atoms with E-state index in [1.807, 2.05) is 11.0 Å². The molecule has 0 spiro atoms. The molecule has 0 bridgehead atoms. The molecule has 1 amide bonds. The topological polar surface area (TPSA) is 45.2 Å². The van der Waals surface area contributed by atoms with Crippen molar-refractivity contribution in [3.63, 3.8) is 0 Å². The lowest BCUT2D eigenvalue weighted by Gasteiger charge is -2.36. The molecule has 0 aliphatic carbocycles. The molecule has 2 aliphatic heterocycles. The van der Waals surface area contributed by atoms with Gasteiger partial charge in [0.25, 0.3) is 0 Å². The number of ether oxygens (including phenoxy) is 2. The Morgan fingerprint density at radius 1 is 1.12 bits per heavy atom. The van der Waals surface area contributed by atoms with Crippen molar-refractivity contribution >= 4 is 21.8 Å². The van der Waals surface area contributed by atoms with E-state index in [1.165, 1.54) is 5.56 Å². The van der Waals surface area contributed by atoms with E-state index in [4.69, 9.17) is 9.47 Å². The highest BCUT2D eigenvalue weighted by atomic mass is 79.9. The standard InChI is InChI=1S/C18H26BrN3O3/c1-24-17-3-2-15(12-16(17)19)13-20-4-6-22(7-5-20)18(23)14-21-8-10-25-11-9-21/h2-3,12H,4-11,13-14H2,1H3. The van der Waals surface area contributed by atoms with Crippen LogP contribution in [0.5, 0.6) is 5.75 Å². The fourth-order valence-corrected chi connectivity index (χ4v) is 3.86. The van der Waals surface area contributed by atoms with E-state index in [0.29, 0.717) is 6.54 Å². The monoisotopic (exact) mass is 411 g/mol. The number of carbonyl (C=O) groups excluding carboxylic acids is 1. The van der Waals surface area contributed by atoms with E-state index >= 15 is 0 Å². The molecule has 0 atom stereocenters. The Balaban J connectivity index is 1.45. The van der Waals surface area contributed by atoms with Gasteiger partial charge < -0.3 is 14.4 Å². The largest absolute Gasteiger partial charge is 0.496 e. The number of nitrogens with zero attached hydrogens (tertiary/aromatic N) is 3. The van der Waals surface area contributed by atoms with E-state index < -0.39 is 0 Å². The molecule has 7 heteroatoms. The summed E-state index contributed by atoms with van der Waals surface area (Å²) < 4.78 is 11.6. The number of halogens is 1. The van der Waals surface area contributed by atoms with Gasteiger partial charge in [-0.1, -0.05) is 6.07 Å². The van der Waals surface area contributed by atoms with Crippen molar-refractivity contribution in [3.05, 3.63) is 28.2 Å². The quantitative estimate of drug-likeness (QED) is 0.733. The lowest BCUT2D eigenvalue weighted by molar-refractivity contribution is -0.135. The number of piperazine rings is 1. The first-order chi connectivity index (χ1) is 12.2. The zero-order valence-electron chi connectivity index (χ0n) is 14.7. The van der Waals surface area contributed by atoms with Gasteiger partial charge in [-0.3, -0.25) is 14.6 Å². The predicted octanol–water partition coefficient (Wildman–Crippen LogP) is 1.43. The van der Waals surface area contributed by atoms with Gasteiger partial charge in [-0.15, -0.1) is 0 Å². The van der Waals surface area contributed by atoms with Crippen molar-refractivity contribution in [3.8, 4) is 5.75 Å². The summed E-state index contributed by atoms with van der Waals surface area (Å²) in [5.74, 6) is 1.09. The molecule has 2 aliphatic rings. The van der Waals surface area contributed by atoms with Crippen LogP contribution in [0.4, 0.5) is 0 Å². The van der Waals surface area contributed by atoms with Crippen LogP contribution >= 0.6 is 15.9 Å².